The maximum absolute atomic E-state index is 3.64. The van der Waals surface area contributed by atoms with Gasteiger partial charge in [-0.05, 0) is 31.7 Å². The standard InChI is InChI=1S/C13H26BrN/c1-11(2)12(9-14)10-15(3)13-7-5-4-6-8-13/h11-13H,4-10H2,1-3H3. The van der Waals surface area contributed by atoms with Crippen LogP contribution in [0.1, 0.15) is 46.0 Å². The second-order valence-electron chi connectivity index (χ2n) is 5.39. The van der Waals surface area contributed by atoms with E-state index in [1.54, 1.807) is 0 Å². The van der Waals surface area contributed by atoms with Gasteiger partial charge in [-0.3, -0.25) is 0 Å². The van der Waals surface area contributed by atoms with Crippen LogP contribution in [-0.4, -0.2) is 29.9 Å². The molecule has 1 saturated carbocycles. The molecule has 90 valence electrons. The highest BCUT2D eigenvalue weighted by Gasteiger charge is 2.21. The fourth-order valence-corrected chi connectivity index (χ4v) is 3.43. The Morgan fingerprint density at radius 2 is 1.80 bits per heavy atom. The van der Waals surface area contributed by atoms with Crippen LogP contribution in [0, 0.1) is 11.8 Å². The van der Waals surface area contributed by atoms with Crippen LogP contribution in [0.2, 0.25) is 0 Å². The van der Waals surface area contributed by atoms with Crippen molar-refractivity contribution in [1.29, 1.82) is 0 Å². The van der Waals surface area contributed by atoms with Crippen molar-refractivity contribution in [2.75, 3.05) is 18.9 Å². The molecule has 0 spiro atoms. The lowest BCUT2D eigenvalue weighted by molar-refractivity contribution is 0.158. The van der Waals surface area contributed by atoms with E-state index in [-0.39, 0.29) is 0 Å². The molecular weight excluding hydrogens is 250 g/mol. The van der Waals surface area contributed by atoms with Crippen LogP contribution in [0.4, 0.5) is 0 Å². The molecule has 0 aliphatic heterocycles. The van der Waals surface area contributed by atoms with E-state index in [9.17, 15) is 0 Å². The summed E-state index contributed by atoms with van der Waals surface area (Å²) in [6.45, 7) is 5.93. The highest BCUT2D eigenvalue weighted by Crippen LogP contribution is 2.24. The van der Waals surface area contributed by atoms with Crippen molar-refractivity contribution in [3.05, 3.63) is 0 Å². The third-order valence-corrected chi connectivity index (χ3v) is 4.69. The summed E-state index contributed by atoms with van der Waals surface area (Å²) in [5.74, 6) is 1.59. The predicted molar refractivity (Wildman–Crippen MR) is 71.6 cm³/mol. The molecule has 1 fully saturated rings. The molecule has 15 heavy (non-hydrogen) atoms. The average Bonchev–Trinajstić information content (AvgIpc) is 2.26. The van der Waals surface area contributed by atoms with E-state index in [1.165, 1.54) is 38.6 Å². The third kappa shape index (κ3) is 4.44. The lowest BCUT2D eigenvalue weighted by atomic mass is 9.92. The van der Waals surface area contributed by atoms with Gasteiger partial charge in [0.15, 0.2) is 0 Å². The van der Waals surface area contributed by atoms with Crippen LogP contribution in [-0.2, 0) is 0 Å². The Morgan fingerprint density at radius 1 is 1.20 bits per heavy atom. The van der Waals surface area contributed by atoms with Gasteiger partial charge in [-0.1, -0.05) is 49.0 Å². The van der Waals surface area contributed by atoms with Crippen molar-refractivity contribution in [2.24, 2.45) is 11.8 Å². The quantitative estimate of drug-likeness (QED) is 0.688. The molecule has 2 heteroatoms. The molecule has 1 rings (SSSR count). The van der Waals surface area contributed by atoms with Gasteiger partial charge in [0.05, 0.1) is 0 Å². The molecule has 1 nitrogen and oxygen atoms in total. The number of hydrogen-bond acceptors (Lipinski definition) is 1. The molecule has 1 atom stereocenters. The lowest BCUT2D eigenvalue weighted by Gasteiger charge is -2.34. The number of nitrogens with zero attached hydrogens (tertiary/aromatic N) is 1. The van der Waals surface area contributed by atoms with Crippen LogP contribution in [0.25, 0.3) is 0 Å². The minimum absolute atomic E-state index is 0.787. The first-order valence-corrected chi connectivity index (χ1v) is 7.53. The molecular formula is C13H26BrN. The summed E-state index contributed by atoms with van der Waals surface area (Å²) in [6.07, 6.45) is 7.18. The smallest absolute Gasteiger partial charge is 0.00923 e. The molecule has 0 radical (unpaired) electrons. The lowest BCUT2D eigenvalue weighted by Crippen LogP contribution is -2.38. The molecule has 0 saturated heterocycles. The zero-order chi connectivity index (χ0) is 11.3. The first-order valence-electron chi connectivity index (χ1n) is 6.41. The number of rotatable bonds is 5. The molecule has 1 aliphatic rings. The number of halogens is 1. The van der Waals surface area contributed by atoms with Gasteiger partial charge >= 0.3 is 0 Å². The van der Waals surface area contributed by atoms with Crippen LogP contribution >= 0.6 is 15.9 Å². The molecule has 0 aromatic carbocycles. The highest BCUT2D eigenvalue weighted by atomic mass is 79.9. The predicted octanol–water partition coefficient (Wildman–Crippen LogP) is 3.92. The Bertz CT molecular complexity index is 164. The van der Waals surface area contributed by atoms with E-state index >= 15 is 0 Å². The van der Waals surface area contributed by atoms with Crippen molar-refractivity contribution in [3.8, 4) is 0 Å². The largest absolute Gasteiger partial charge is 0.303 e. The Hall–Kier alpha value is 0.440. The summed E-state index contributed by atoms with van der Waals surface area (Å²) in [5, 5.41) is 1.14. The summed E-state index contributed by atoms with van der Waals surface area (Å²) in [7, 11) is 2.31. The van der Waals surface area contributed by atoms with Crippen molar-refractivity contribution >= 4 is 15.9 Å². The topological polar surface area (TPSA) is 3.24 Å². The molecule has 0 heterocycles. The number of hydrogen-bond donors (Lipinski definition) is 0. The molecule has 0 amide bonds. The van der Waals surface area contributed by atoms with Crippen LogP contribution in [0.3, 0.4) is 0 Å². The molecule has 1 unspecified atom stereocenters. The zero-order valence-electron chi connectivity index (χ0n) is 10.5. The summed E-state index contributed by atoms with van der Waals surface area (Å²) in [5.41, 5.74) is 0. The molecule has 0 bridgehead atoms. The third-order valence-electron chi connectivity index (χ3n) is 3.86. The molecule has 0 aromatic rings. The Kier molecular flexibility index (Phi) is 6.21. The second-order valence-corrected chi connectivity index (χ2v) is 6.04. The van der Waals surface area contributed by atoms with E-state index in [1.807, 2.05) is 0 Å². The van der Waals surface area contributed by atoms with Crippen molar-refractivity contribution in [1.82, 2.24) is 4.90 Å². The summed E-state index contributed by atoms with van der Waals surface area (Å²) in [6, 6.07) is 0.860. The normalized spacial score (nSPS) is 21.2. The minimum Gasteiger partial charge on any atom is -0.303 e. The van der Waals surface area contributed by atoms with Crippen LogP contribution in [0.5, 0.6) is 0 Å². The van der Waals surface area contributed by atoms with Gasteiger partial charge in [0, 0.05) is 17.9 Å². The maximum Gasteiger partial charge on any atom is 0.00923 e. The van der Waals surface area contributed by atoms with Crippen molar-refractivity contribution < 1.29 is 0 Å². The monoisotopic (exact) mass is 275 g/mol. The van der Waals surface area contributed by atoms with Gasteiger partial charge in [-0.25, -0.2) is 0 Å². The van der Waals surface area contributed by atoms with E-state index in [0.717, 1.165) is 23.2 Å². The summed E-state index contributed by atoms with van der Waals surface area (Å²) >= 11 is 3.64. The Labute approximate surface area is 104 Å². The van der Waals surface area contributed by atoms with Gasteiger partial charge < -0.3 is 4.90 Å². The minimum atomic E-state index is 0.787. The molecule has 1 aliphatic carbocycles. The van der Waals surface area contributed by atoms with E-state index in [4.69, 9.17) is 0 Å². The van der Waals surface area contributed by atoms with E-state index in [2.05, 4.69) is 41.7 Å². The van der Waals surface area contributed by atoms with Gasteiger partial charge in [0.2, 0.25) is 0 Å². The van der Waals surface area contributed by atoms with Crippen LogP contribution < -0.4 is 0 Å². The SMILES string of the molecule is CC(C)C(CBr)CN(C)C1CCCCC1. The summed E-state index contributed by atoms with van der Waals surface area (Å²) < 4.78 is 0. The zero-order valence-corrected chi connectivity index (χ0v) is 12.1. The fourth-order valence-electron chi connectivity index (χ4n) is 2.48. The van der Waals surface area contributed by atoms with E-state index < -0.39 is 0 Å². The molecule has 0 aromatic heterocycles. The van der Waals surface area contributed by atoms with Gasteiger partial charge in [0.1, 0.15) is 0 Å². The van der Waals surface area contributed by atoms with Gasteiger partial charge in [-0.15, -0.1) is 0 Å². The number of alkyl halides is 1. The Morgan fingerprint density at radius 3 is 2.27 bits per heavy atom. The van der Waals surface area contributed by atoms with Gasteiger partial charge in [0.25, 0.3) is 0 Å². The molecule has 0 N–H and O–H groups in total. The Balaban J connectivity index is 2.34. The fraction of sp³-hybridized carbons (Fsp3) is 1.00. The second kappa shape index (κ2) is 6.90. The van der Waals surface area contributed by atoms with Gasteiger partial charge in [-0.2, -0.15) is 0 Å². The van der Waals surface area contributed by atoms with Crippen molar-refractivity contribution in [2.45, 2.75) is 52.0 Å². The van der Waals surface area contributed by atoms with Crippen molar-refractivity contribution in [3.63, 3.8) is 0 Å². The van der Waals surface area contributed by atoms with E-state index in [0.29, 0.717) is 0 Å². The first kappa shape index (κ1) is 13.5. The average molecular weight is 276 g/mol. The summed E-state index contributed by atoms with van der Waals surface area (Å²) in [4.78, 5) is 2.60. The maximum atomic E-state index is 3.64. The van der Waals surface area contributed by atoms with Crippen LogP contribution in [0.15, 0.2) is 0 Å². The first-order chi connectivity index (χ1) is 7.15. The highest BCUT2D eigenvalue weighted by molar-refractivity contribution is 9.09.